The van der Waals surface area contributed by atoms with Crippen molar-refractivity contribution in [2.45, 2.75) is 127 Å². The fourth-order valence-corrected chi connectivity index (χ4v) is 9.52. The van der Waals surface area contributed by atoms with E-state index >= 15 is 0 Å². The smallest absolute Gasteiger partial charge is 0.143 e. The Morgan fingerprint density at radius 2 is 1.42 bits per heavy atom. The van der Waals surface area contributed by atoms with Crippen LogP contribution in [0, 0.1) is 0 Å². The van der Waals surface area contributed by atoms with Crippen LogP contribution in [0.4, 0.5) is 0 Å². The second kappa shape index (κ2) is 22.2. The van der Waals surface area contributed by atoms with Gasteiger partial charge in [0.15, 0.2) is 0 Å². The van der Waals surface area contributed by atoms with Crippen LogP contribution in [0.2, 0.25) is 12.1 Å². The number of nitrogens with zero attached hydrogens (tertiary/aromatic N) is 1. The van der Waals surface area contributed by atoms with Crippen molar-refractivity contribution >= 4 is 21.6 Å². The standard InChI is InChI=1S/C25H53NO3SSi/c27-19-13-9-6-4-2-1-3-5-7-11-16-25(17-20-29-24-28)26-18-12-8-10-14-22-31(26)23-15-21-30/h25,27-28,30-31H,1-24H2. The van der Waals surface area contributed by atoms with E-state index in [1.165, 1.54) is 115 Å². The molecular formula is C25H53NO3SSi. The number of aliphatic hydroxyl groups excluding tert-OH is 2. The molecule has 0 spiro atoms. The van der Waals surface area contributed by atoms with Crippen molar-refractivity contribution in [2.75, 3.05) is 32.3 Å². The fourth-order valence-electron chi connectivity index (χ4n) is 5.16. The molecule has 1 heterocycles. The minimum atomic E-state index is -0.878. The Labute approximate surface area is 200 Å². The van der Waals surface area contributed by atoms with Crippen LogP contribution in [0.1, 0.15) is 109 Å². The van der Waals surface area contributed by atoms with Gasteiger partial charge in [-0.05, 0) is 56.5 Å². The number of unbranched alkanes of at least 4 members (excludes halogenated alkanes) is 9. The molecule has 1 aliphatic rings. The van der Waals surface area contributed by atoms with E-state index in [9.17, 15) is 0 Å². The topological polar surface area (TPSA) is 52.9 Å². The van der Waals surface area contributed by atoms with Gasteiger partial charge in [-0.15, -0.1) is 0 Å². The summed E-state index contributed by atoms with van der Waals surface area (Å²) in [4.78, 5) is 0. The molecule has 6 heteroatoms. The molecule has 0 aromatic rings. The Hall–Kier alpha value is 0.407. The number of hydrogen-bond acceptors (Lipinski definition) is 5. The van der Waals surface area contributed by atoms with Gasteiger partial charge in [0.2, 0.25) is 0 Å². The Balaban J connectivity index is 2.36. The number of ether oxygens (including phenoxy) is 1. The minimum Gasteiger partial charge on any atom is -0.396 e. The molecule has 2 atom stereocenters. The molecule has 0 aromatic carbocycles. The van der Waals surface area contributed by atoms with Crippen LogP contribution in [0.5, 0.6) is 0 Å². The predicted octanol–water partition coefficient (Wildman–Crippen LogP) is 5.91. The van der Waals surface area contributed by atoms with Crippen LogP contribution in [-0.2, 0) is 4.74 Å². The Morgan fingerprint density at radius 1 is 0.774 bits per heavy atom. The second-order valence-electron chi connectivity index (χ2n) is 9.49. The van der Waals surface area contributed by atoms with Crippen molar-refractivity contribution in [1.82, 2.24) is 4.57 Å². The monoisotopic (exact) mass is 475 g/mol. The summed E-state index contributed by atoms with van der Waals surface area (Å²) in [6.45, 7) is 2.20. The van der Waals surface area contributed by atoms with E-state index in [1.807, 2.05) is 0 Å². The normalized spacial score (nSPS) is 19.3. The van der Waals surface area contributed by atoms with Crippen LogP contribution in [-0.4, -0.2) is 62.1 Å². The van der Waals surface area contributed by atoms with Gasteiger partial charge in [0.25, 0.3) is 0 Å². The lowest BCUT2D eigenvalue weighted by molar-refractivity contribution is -0.00794. The minimum absolute atomic E-state index is 0.146. The molecule has 4 nitrogen and oxygen atoms in total. The highest BCUT2D eigenvalue weighted by Crippen LogP contribution is 2.25. The van der Waals surface area contributed by atoms with Gasteiger partial charge in [-0.2, -0.15) is 12.6 Å². The van der Waals surface area contributed by atoms with Gasteiger partial charge in [-0.1, -0.05) is 77.0 Å². The summed E-state index contributed by atoms with van der Waals surface area (Å²) in [5.41, 5.74) is 0. The van der Waals surface area contributed by atoms with Gasteiger partial charge in [0, 0.05) is 12.6 Å². The molecule has 1 aliphatic heterocycles. The van der Waals surface area contributed by atoms with Crippen LogP contribution in [0.3, 0.4) is 0 Å². The number of rotatable bonds is 20. The Kier molecular flexibility index (Phi) is 21.1. The highest BCUT2D eigenvalue weighted by Gasteiger charge is 2.27. The zero-order chi connectivity index (χ0) is 22.4. The molecule has 1 rings (SSSR count). The first-order valence-electron chi connectivity index (χ1n) is 13.5. The first kappa shape index (κ1) is 29.4. The lowest BCUT2D eigenvalue weighted by atomic mass is 10.0. The maximum Gasteiger partial charge on any atom is 0.143 e. The van der Waals surface area contributed by atoms with E-state index in [0.717, 1.165) is 18.6 Å². The number of aliphatic hydroxyl groups is 2. The van der Waals surface area contributed by atoms with E-state index in [0.29, 0.717) is 19.3 Å². The molecule has 0 bridgehead atoms. The van der Waals surface area contributed by atoms with Crippen molar-refractivity contribution in [3.05, 3.63) is 0 Å². The summed E-state index contributed by atoms with van der Waals surface area (Å²) in [6, 6.07) is 3.55. The third kappa shape index (κ3) is 15.8. The summed E-state index contributed by atoms with van der Waals surface area (Å²) in [5, 5.41) is 17.9. The second-order valence-corrected chi connectivity index (χ2v) is 13.1. The molecule has 186 valence electrons. The maximum atomic E-state index is 9.07. The molecule has 0 aromatic heterocycles. The first-order chi connectivity index (χ1) is 15.3. The maximum absolute atomic E-state index is 9.07. The lowest BCUT2D eigenvalue weighted by Crippen LogP contribution is -2.48. The summed E-state index contributed by atoms with van der Waals surface area (Å²) in [5.74, 6) is 1.02. The highest BCUT2D eigenvalue weighted by atomic mass is 32.1. The van der Waals surface area contributed by atoms with Gasteiger partial charge >= 0.3 is 0 Å². The summed E-state index contributed by atoms with van der Waals surface area (Å²) >= 11 is 4.49. The van der Waals surface area contributed by atoms with E-state index in [-0.39, 0.29) is 6.79 Å². The summed E-state index contributed by atoms with van der Waals surface area (Å²) in [7, 11) is -0.878. The summed E-state index contributed by atoms with van der Waals surface area (Å²) < 4.78 is 8.32. The van der Waals surface area contributed by atoms with Crippen LogP contribution in [0.25, 0.3) is 0 Å². The molecular weight excluding hydrogens is 422 g/mol. The SMILES string of the molecule is OCCCCCCCCCCCCC(CCOCO)N1CCCCCC[SiH]1CCCS. The fraction of sp³-hybridized carbons (Fsp3) is 1.00. The van der Waals surface area contributed by atoms with Crippen LogP contribution < -0.4 is 0 Å². The van der Waals surface area contributed by atoms with Crippen molar-refractivity contribution in [2.24, 2.45) is 0 Å². The van der Waals surface area contributed by atoms with Crippen molar-refractivity contribution in [3.63, 3.8) is 0 Å². The first-order valence-corrected chi connectivity index (χ1v) is 16.3. The average Bonchev–Trinajstić information content (AvgIpc) is 2.76. The molecule has 31 heavy (non-hydrogen) atoms. The van der Waals surface area contributed by atoms with Gasteiger partial charge < -0.3 is 19.5 Å². The quantitative estimate of drug-likeness (QED) is 0.0886. The Morgan fingerprint density at radius 3 is 2.06 bits per heavy atom. The van der Waals surface area contributed by atoms with Crippen molar-refractivity contribution < 1.29 is 14.9 Å². The van der Waals surface area contributed by atoms with E-state index < -0.39 is 8.96 Å². The highest BCUT2D eigenvalue weighted by molar-refractivity contribution is 7.80. The Bertz CT molecular complexity index is 377. The molecule has 0 radical (unpaired) electrons. The van der Waals surface area contributed by atoms with Gasteiger partial charge in [0.05, 0.1) is 6.61 Å². The predicted molar refractivity (Wildman–Crippen MR) is 140 cm³/mol. The molecule has 0 saturated carbocycles. The van der Waals surface area contributed by atoms with Crippen molar-refractivity contribution in [3.8, 4) is 0 Å². The van der Waals surface area contributed by atoms with E-state index in [4.69, 9.17) is 14.9 Å². The zero-order valence-electron chi connectivity index (χ0n) is 20.3. The zero-order valence-corrected chi connectivity index (χ0v) is 22.4. The van der Waals surface area contributed by atoms with Gasteiger partial charge in [-0.25, -0.2) is 0 Å². The molecule has 2 unspecified atom stereocenters. The van der Waals surface area contributed by atoms with Gasteiger partial charge in [0.1, 0.15) is 15.8 Å². The van der Waals surface area contributed by atoms with Crippen LogP contribution in [0.15, 0.2) is 0 Å². The van der Waals surface area contributed by atoms with Crippen LogP contribution >= 0.6 is 12.6 Å². The van der Waals surface area contributed by atoms with E-state index in [1.54, 1.807) is 0 Å². The van der Waals surface area contributed by atoms with Crippen molar-refractivity contribution in [1.29, 1.82) is 0 Å². The van der Waals surface area contributed by atoms with E-state index in [2.05, 4.69) is 17.2 Å². The largest absolute Gasteiger partial charge is 0.396 e. The third-order valence-electron chi connectivity index (χ3n) is 6.97. The number of hydrogen-bond donors (Lipinski definition) is 3. The molecule has 0 amide bonds. The lowest BCUT2D eigenvalue weighted by Gasteiger charge is -2.39. The summed E-state index contributed by atoms with van der Waals surface area (Å²) in [6.07, 6.45) is 22.2. The van der Waals surface area contributed by atoms with Gasteiger partial charge in [-0.3, -0.25) is 0 Å². The molecule has 1 fully saturated rings. The number of thiol groups is 1. The third-order valence-corrected chi connectivity index (χ3v) is 11.1. The molecule has 1 saturated heterocycles. The average molecular weight is 476 g/mol. The molecule has 2 N–H and O–H groups in total. The molecule has 0 aliphatic carbocycles.